The minimum atomic E-state index is -0.146. The highest BCUT2D eigenvalue weighted by molar-refractivity contribution is 5.93. The smallest absolute Gasteiger partial charge is 0.207 e. The molecule has 0 aliphatic carbocycles. The predicted molar refractivity (Wildman–Crippen MR) is 60.5 cm³/mol. The van der Waals surface area contributed by atoms with Crippen LogP contribution >= 0.6 is 0 Å². The van der Waals surface area contributed by atoms with E-state index < -0.39 is 0 Å². The third-order valence-corrected chi connectivity index (χ3v) is 2.34. The maximum Gasteiger partial charge on any atom is 0.207 e. The van der Waals surface area contributed by atoms with E-state index in [2.05, 4.69) is 20.1 Å². The highest BCUT2D eigenvalue weighted by atomic mass is 16.1. The molecule has 0 aliphatic heterocycles. The number of aryl methyl sites for hydroxylation is 2. The van der Waals surface area contributed by atoms with Crippen LogP contribution in [0.15, 0.2) is 18.7 Å². The van der Waals surface area contributed by atoms with E-state index in [1.807, 2.05) is 13.8 Å². The van der Waals surface area contributed by atoms with Gasteiger partial charge in [-0.05, 0) is 19.4 Å². The zero-order chi connectivity index (χ0) is 12.3. The van der Waals surface area contributed by atoms with Crippen molar-refractivity contribution < 1.29 is 4.79 Å². The summed E-state index contributed by atoms with van der Waals surface area (Å²) in [7, 11) is 0. The Bertz CT molecular complexity index is 517. The van der Waals surface area contributed by atoms with Gasteiger partial charge in [-0.15, -0.1) is 0 Å². The highest BCUT2D eigenvalue weighted by Crippen LogP contribution is 2.01. The summed E-state index contributed by atoms with van der Waals surface area (Å²) in [5.74, 6) is 0.718. The predicted octanol–water partition coefficient (Wildman–Crippen LogP) is 0.822. The van der Waals surface area contributed by atoms with Gasteiger partial charge in [0.25, 0.3) is 0 Å². The first-order valence-corrected chi connectivity index (χ1v) is 5.39. The Kier molecular flexibility index (Phi) is 3.22. The van der Waals surface area contributed by atoms with Crippen LogP contribution < -0.4 is 0 Å². The summed E-state index contributed by atoms with van der Waals surface area (Å²) in [5.41, 5.74) is 0.929. The maximum absolute atomic E-state index is 11.9. The topological polar surface area (TPSA) is 73.6 Å². The van der Waals surface area contributed by atoms with Crippen molar-refractivity contribution in [2.45, 2.75) is 26.8 Å². The van der Waals surface area contributed by atoms with Gasteiger partial charge in [-0.3, -0.25) is 4.79 Å². The molecule has 0 saturated heterocycles. The number of aromatic nitrogens is 5. The second kappa shape index (κ2) is 4.82. The fraction of sp³-hybridized carbons (Fsp3) is 0.364. The van der Waals surface area contributed by atoms with E-state index in [1.54, 1.807) is 17.1 Å². The molecule has 0 aromatic carbocycles. The highest BCUT2D eigenvalue weighted by Gasteiger charge is 2.13. The Morgan fingerprint density at radius 3 is 2.65 bits per heavy atom. The fourth-order valence-electron chi connectivity index (χ4n) is 1.45. The lowest BCUT2D eigenvalue weighted by Crippen LogP contribution is -2.13. The van der Waals surface area contributed by atoms with Crippen LogP contribution in [0, 0.1) is 6.92 Å². The number of carbonyl (C=O) groups is 1. The number of nitrogens with zero attached hydrogens (tertiary/aromatic N) is 5. The van der Waals surface area contributed by atoms with Crippen LogP contribution in [-0.4, -0.2) is 30.5 Å². The van der Waals surface area contributed by atoms with Crippen molar-refractivity contribution in [1.29, 1.82) is 0 Å². The maximum atomic E-state index is 11.9. The number of Topliss-reactive ketones (excluding diaryl/α,β-unsaturated/α-hetero) is 1. The van der Waals surface area contributed by atoms with Gasteiger partial charge in [0.05, 0.1) is 6.42 Å². The van der Waals surface area contributed by atoms with Gasteiger partial charge >= 0.3 is 0 Å². The van der Waals surface area contributed by atoms with E-state index in [4.69, 9.17) is 0 Å². The summed E-state index contributed by atoms with van der Waals surface area (Å²) in [6, 6.07) is 0. The Hall–Kier alpha value is -2.11. The Balaban J connectivity index is 2.14. The molecule has 0 unspecified atom stereocenters. The SMILES string of the molecule is CCn1ncnc1CC(=O)c1ncc(C)cn1. The van der Waals surface area contributed by atoms with Crippen molar-refractivity contribution in [3.63, 3.8) is 0 Å². The van der Waals surface area contributed by atoms with Gasteiger partial charge < -0.3 is 0 Å². The van der Waals surface area contributed by atoms with E-state index in [0.29, 0.717) is 12.4 Å². The van der Waals surface area contributed by atoms with Crippen molar-refractivity contribution in [2.75, 3.05) is 0 Å². The Morgan fingerprint density at radius 2 is 2.00 bits per heavy atom. The lowest BCUT2D eigenvalue weighted by atomic mass is 10.2. The monoisotopic (exact) mass is 231 g/mol. The molecule has 88 valence electrons. The molecule has 6 heteroatoms. The Morgan fingerprint density at radius 1 is 1.29 bits per heavy atom. The van der Waals surface area contributed by atoms with Crippen molar-refractivity contribution in [2.24, 2.45) is 0 Å². The first-order chi connectivity index (χ1) is 8.20. The molecular weight excluding hydrogens is 218 g/mol. The molecule has 0 spiro atoms. The summed E-state index contributed by atoms with van der Waals surface area (Å²) in [6.07, 6.45) is 4.88. The van der Waals surface area contributed by atoms with Gasteiger partial charge in [0.15, 0.2) is 5.82 Å². The molecule has 0 saturated carbocycles. The molecule has 2 aromatic heterocycles. The molecule has 0 radical (unpaired) electrons. The first-order valence-electron chi connectivity index (χ1n) is 5.39. The van der Waals surface area contributed by atoms with Gasteiger partial charge in [-0.25, -0.2) is 19.6 Å². The summed E-state index contributed by atoms with van der Waals surface area (Å²) in [6.45, 7) is 4.52. The van der Waals surface area contributed by atoms with Crippen molar-refractivity contribution in [3.05, 3.63) is 35.9 Å². The van der Waals surface area contributed by atoms with Crippen LogP contribution in [0.25, 0.3) is 0 Å². The molecule has 0 atom stereocenters. The van der Waals surface area contributed by atoms with Crippen LogP contribution in [0.5, 0.6) is 0 Å². The summed E-state index contributed by atoms with van der Waals surface area (Å²) in [5, 5.41) is 4.01. The molecule has 0 amide bonds. The van der Waals surface area contributed by atoms with E-state index in [9.17, 15) is 4.79 Å². The third-order valence-electron chi connectivity index (χ3n) is 2.34. The number of ketones is 1. The molecular formula is C11H13N5O. The van der Waals surface area contributed by atoms with E-state index in [0.717, 1.165) is 5.56 Å². The second-order valence-electron chi connectivity index (χ2n) is 3.68. The molecule has 17 heavy (non-hydrogen) atoms. The molecule has 2 aromatic rings. The van der Waals surface area contributed by atoms with Crippen molar-refractivity contribution >= 4 is 5.78 Å². The molecule has 0 N–H and O–H groups in total. The average molecular weight is 231 g/mol. The van der Waals surface area contributed by atoms with Crippen LogP contribution in [0.1, 0.15) is 28.9 Å². The molecule has 6 nitrogen and oxygen atoms in total. The van der Waals surface area contributed by atoms with Gasteiger partial charge in [-0.1, -0.05) is 0 Å². The Labute approximate surface area is 98.7 Å². The van der Waals surface area contributed by atoms with Crippen molar-refractivity contribution in [3.8, 4) is 0 Å². The normalized spacial score (nSPS) is 10.5. The van der Waals surface area contributed by atoms with Gasteiger partial charge in [0, 0.05) is 18.9 Å². The van der Waals surface area contributed by atoms with E-state index in [1.165, 1.54) is 6.33 Å². The number of carbonyl (C=O) groups excluding carboxylic acids is 1. The quantitative estimate of drug-likeness (QED) is 0.728. The number of hydrogen-bond acceptors (Lipinski definition) is 5. The summed E-state index contributed by atoms with van der Waals surface area (Å²) < 4.78 is 1.69. The fourth-order valence-corrected chi connectivity index (χ4v) is 1.45. The lowest BCUT2D eigenvalue weighted by Gasteiger charge is -2.01. The molecule has 0 fully saturated rings. The van der Waals surface area contributed by atoms with E-state index in [-0.39, 0.29) is 18.0 Å². The minimum Gasteiger partial charge on any atom is -0.290 e. The summed E-state index contributed by atoms with van der Waals surface area (Å²) >= 11 is 0. The standard InChI is InChI=1S/C11H13N5O/c1-3-16-10(14-7-15-16)4-9(17)11-12-5-8(2)6-13-11/h5-7H,3-4H2,1-2H3. The molecule has 2 heterocycles. The zero-order valence-electron chi connectivity index (χ0n) is 9.79. The van der Waals surface area contributed by atoms with Gasteiger partial charge in [0.1, 0.15) is 12.2 Å². The zero-order valence-corrected chi connectivity index (χ0v) is 9.79. The van der Waals surface area contributed by atoms with Crippen molar-refractivity contribution in [1.82, 2.24) is 24.7 Å². The van der Waals surface area contributed by atoms with Crippen LogP contribution in [0.2, 0.25) is 0 Å². The van der Waals surface area contributed by atoms with Crippen LogP contribution in [0.4, 0.5) is 0 Å². The molecule has 0 bridgehead atoms. The lowest BCUT2D eigenvalue weighted by molar-refractivity contribution is 0.0979. The number of rotatable bonds is 4. The van der Waals surface area contributed by atoms with Gasteiger partial charge in [-0.2, -0.15) is 5.10 Å². The summed E-state index contributed by atoms with van der Waals surface area (Å²) in [4.78, 5) is 23.9. The first kappa shape index (κ1) is 11.4. The van der Waals surface area contributed by atoms with Crippen LogP contribution in [0.3, 0.4) is 0 Å². The van der Waals surface area contributed by atoms with Gasteiger partial charge in [0.2, 0.25) is 5.78 Å². The number of hydrogen-bond donors (Lipinski definition) is 0. The average Bonchev–Trinajstić information content (AvgIpc) is 2.77. The minimum absolute atomic E-state index is 0.146. The largest absolute Gasteiger partial charge is 0.290 e. The molecule has 0 aliphatic rings. The third kappa shape index (κ3) is 2.52. The van der Waals surface area contributed by atoms with Crippen LogP contribution in [-0.2, 0) is 13.0 Å². The van der Waals surface area contributed by atoms with E-state index >= 15 is 0 Å². The second-order valence-corrected chi connectivity index (χ2v) is 3.68. The molecule has 2 rings (SSSR count).